The Morgan fingerprint density at radius 1 is 1.07 bits per heavy atom. The first-order valence-electron chi connectivity index (χ1n) is 8.84. The normalized spacial score (nSPS) is 11.3. The van der Waals surface area contributed by atoms with Gasteiger partial charge >= 0.3 is 0 Å². The van der Waals surface area contributed by atoms with Gasteiger partial charge < -0.3 is 0 Å². The molecule has 3 rings (SSSR count). The zero-order valence-electron chi connectivity index (χ0n) is 15.8. The number of hydrazone groups is 1. The molecule has 3 aromatic rings. The van der Waals surface area contributed by atoms with Gasteiger partial charge in [-0.15, -0.1) is 0 Å². The minimum absolute atomic E-state index is 0.103. The number of pyridine rings is 1. The summed E-state index contributed by atoms with van der Waals surface area (Å²) < 4.78 is 27.4. The summed E-state index contributed by atoms with van der Waals surface area (Å²) in [5.74, 6) is -0.571. The van der Waals surface area contributed by atoms with Crippen LogP contribution in [0.5, 0.6) is 0 Å². The van der Waals surface area contributed by atoms with Crippen LogP contribution in [-0.2, 0) is 14.8 Å². The molecule has 29 heavy (non-hydrogen) atoms. The highest BCUT2D eigenvalue weighted by atomic mass is 32.2. The van der Waals surface area contributed by atoms with E-state index in [2.05, 4.69) is 15.5 Å². The second-order valence-electron chi connectivity index (χ2n) is 6.21. The Hall–Kier alpha value is -3.52. The fraction of sp³-hybridized carbons (Fsp3) is 0.0952. The van der Waals surface area contributed by atoms with Crippen LogP contribution >= 0.6 is 0 Å². The van der Waals surface area contributed by atoms with Crippen molar-refractivity contribution in [2.75, 3.05) is 10.8 Å². The van der Waals surface area contributed by atoms with E-state index in [1.165, 1.54) is 18.3 Å². The van der Waals surface area contributed by atoms with Crippen LogP contribution < -0.4 is 9.73 Å². The number of rotatable bonds is 7. The summed E-state index contributed by atoms with van der Waals surface area (Å²) in [7, 11) is -3.93. The van der Waals surface area contributed by atoms with Crippen LogP contribution in [0.1, 0.15) is 11.3 Å². The van der Waals surface area contributed by atoms with Gasteiger partial charge in [-0.3, -0.25) is 14.1 Å². The molecule has 0 bridgehead atoms. The first-order chi connectivity index (χ1) is 14.0. The van der Waals surface area contributed by atoms with Gasteiger partial charge in [-0.2, -0.15) is 5.10 Å². The summed E-state index contributed by atoms with van der Waals surface area (Å²) >= 11 is 0. The summed E-state index contributed by atoms with van der Waals surface area (Å²) in [6, 6.07) is 20.3. The predicted molar refractivity (Wildman–Crippen MR) is 112 cm³/mol. The molecule has 0 aliphatic rings. The zero-order chi connectivity index (χ0) is 20.7. The summed E-state index contributed by atoms with van der Waals surface area (Å²) in [6.45, 7) is 1.44. The summed E-state index contributed by atoms with van der Waals surface area (Å²) in [6.07, 6.45) is 3.00. The fourth-order valence-corrected chi connectivity index (χ4v) is 4.04. The van der Waals surface area contributed by atoms with Gasteiger partial charge in [0.2, 0.25) is 0 Å². The molecule has 148 valence electrons. The number of sulfonamides is 1. The largest absolute Gasteiger partial charge is 0.271 e. The molecule has 7 nitrogen and oxygen atoms in total. The van der Waals surface area contributed by atoms with E-state index in [1.54, 1.807) is 60.8 Å². The maximum absolute atomic E-state index is 13.2. The summed E-state index contributed by atoms with van der Waals surface area (Å²) in [5, 5.41) is 3.85. The van der Waals surface area contributed by atoms with Crippen molar-refractivity contribution in [3.05, 3.63) is 90.3 Å². The quantitative estimate of drug-likeness (QED) is 0.481. The van der Waals surface area contributed by atoms with E-state index in [1.807, 2.05) is 13.0 Å². The van der Waals surface area contributed by atoms with Crippen LogP contribution in [0.3, 0.4) is 0 Å². The molecule has 0 atom stereocenters. The maximum atomic E-state index is 13.2. The van der Waals surface area contributed by atoms with E-state index in [4.69, 9.17) is 0 Å². The lowest BCUT2D eigenvalue weighted by atomic mass is 10.2. The maximum Gasteiger partial charge on any atom is 0.264 e. The van der Waals surface area contributed by atoms with Gasteiger partial charge in [-0.25, -0.2) is 13.8 Å². The highest BCUT2D eigenvalue weighted by molar-refractivity contribution is 7.92. The SMILES string of the molecule is Cc1cccc(N(CC(=O)N/N=C\c2ccccn2)S(=O)(=O)c2ccccc2)c1. The number of nitrogens with zero attached hydrogens (tertiary/aromatic N) is 3. The average Bonchev–Trinajstić information content (AvgIpc) is 2.73. The Morgan fingerprint density at radius 2 is 1.83 bits per heavy atom. The molecule has 0 aliphatic carbocycles. The van der Waals surface area contributed by atoms with Crippen molar-refractivity contribution in [3.63, 3.8) is 0 Å². The molecular weight excluding hydrogens is 388 g/mol. The fourth-order valence-electron chi connectivity index (χ4n) is 2.61. The number of aromatic nitrogens is 1. The number of aryl methyl sites for hydroxylation is 1. The number of carbonyl (C=O) groups excluding carboxylic acids is 1. The number of nitrogens with one attached hydrogen (secondary N) is 1. The number of carbonyl (C=O) groups is 1. The van der Waals surface area contributed by atoms with E-state index >= 15 is 0 Å². The van der Waals surface area contributed by atoms with E-state index in [0.29, 0.717) is 11.4 Å². The first-order valence-corrected chi connectivity index (χ1v) is 10.3. The van der Waals surface area contributed by atoms with Gasteiger partial charge in [-0.05, 0) is 48.9 Å². The molecule has 0 spiro atoms. The Morgan fingerprint density at radius 3 is 2.52 bits per heavy atom. The first kappa shape index (κ1) is 20.2. The average molecular weight is 408 g/mol. The Bertz CT molecular complexity index is 1100. The third kappa shape index (κ3) is 5.26. The Kier molecular flexibility index (Phi) is 6.36. The smallest absolute Gasteiger partial charge is 0.264 e. The summed E-state index contributed by atoms with van der Waals surface area (Å²) in [4.78, 5) is 16.6. The number of anilines is 1. The van der Waals surface area contributed by atoms with Crippen LogP contribution in [0.25, 0.3) is 0 Å². The molecule has 0 saturated carbocycles. The molecule has 0 fully saturated rings. The van der Waals surface area contributed by atoms with Crippen LogP contribution in [-0.4, -0.2) is 32.1 Å². The Balaban J connectivity index is 1.84. The number of amides is 1. The third-order valence-corrected chi connectivity index (χ3v) is 5.77. The molecule has 0 unspecified atom stereocenters. The second kappa shape index (κ2) is 9.11. The standard InChI is InChI=1S/C21H20N4O3S/c1-17-8-7-10-19(14-17)25(29(27,28)20-11-3-2-4-12-20)16-21(26)24-23-15-18-9-5-6-13-22-18/h2-15H,16H2,1H3,(H,24,26)/b23-15-. The number of hydrogen-bond donors (Lipinski definition) is 1. The lowest BCUT2D eigenvalue weighted by Crippen LogP contribution is -2.39. The monoisotopic (exact) mass is 408 g/mol. The topological polar surface area (TPSA) is 91.7 Å². The molecule has 1 amide bonds. The van der Waals surface area contributed by atoms with E-state index in [0.717, 1.165) is 9.87 Å². The van der Waals surface area contributed by atoms with Gasteiger partial charge in [0.25, 0.3) is 15.9 Å². The minimum Gasteiger partial charge on any atom is -0.271 e. The van der Waals surface area contributed by atoms with Crippen molar-refractivity contribution in [1.29, 1.82) is 0 Å². The van der Waals surface area contributed by atoms with Crippen LogP contribution in [0, 0.1) is 6.92 Å². The van der Waals surface area contributed by atoms with Crippen LogP contribution in [0.2, 0.25) is 0 Å². The molecular formula is C21H20N4O3S. The molecule has 8 heteroatoms. The highest BCUT2D eigenvalue weighted by Gasteiger charge is 2.27. The van der Waals surface area contributed by atoms with Crippen molar-refractivity contribution >= 4 is 27.8 Å². The lowest BCUT2D eigenvalue weighted by Gasteiger charge is -2.24. The predicted octanol–water partition coefficient (Wildman–Crippen LogP) is 2.74. The van der Waals surface area contributed by atoms with Crippen LogP contribution in [0.15, 0.2) is 89.0 Å². The second-order valence-corrected chi connectivity index (χ2v) is 8.07. The van der Waals surface area contributed by atoms with Crippen LogP contribution in [0.4, 0.5) is 5.69 Å². The van der Waals surface area contributed by atoms with E-state index in [-0.39, 0.29) is 4.90 Å². The molecule has 0 radical (unpaired) electrons. The third-order valence-electron chi connectivity index (χ3n) is 3.98. The Labute approximate surface area is 169 Å². The number of hydrogen-bond acceptors (Lipinski definition) is 5. The zero-order valence-corrected chi connectivity index (χ0v) is 16.6. The van der Waals surface area contributed by atoms with Gasteiger partial charge in [-0.1, -0.05) is 36.4 Å². The lowest BCUT2D eigenvalue weighted by molar-refractivity contribution is -0.119. The minimum atomic E-state index is -3.93. The summed E-state index contributed by atoms with van der Waals surface area (Å²) in [5.41, 5.74) is 4.20. The van der Waals surface area contributed by atoms with Crippen molar-refractivity contribution < 1.29 is 13.2 Å². The van der Waals surface area contributed by atoms with Crippen molar-refractivity contribution in [3.8, 4) is 0 Å². The highest BCUT2D eigenvalue weighted by Crippen LogP contribution is 2.24. The van der Waals surface area contributed by atoms with Gasteiger partial charge in [0, 0.05) is 6.20 Å². The molecule has 2 aromatic carbocycles. The number of benzene rings is 2. The molecule has 1 heterocycles. The molecule has 0 aliphatic heterocycles. The van der Waals surface area contributed by atoms with E-state index < -0.39 is 22.5 Å². The molecule has 1 N–H and O–H groups in total. The van der Waals surface area contributed by atoms with Gasteiger partial charge in [0.1, 0.15) is 6.54 Å². The van der Waals surface area contributed by atoms with Crippen molar-refractivity contribution in [2.45, 2.75) is 11.8 Å². The van der Waals surface area contributed by atoms with Gasteiger partial charge in [0.05, 0.1) is 22.5 Å². The molecule has 0 saturated heterocycles. The molecule has 1 aromatic heterocycles. The van der Waals surface area contributed by atoms with Gasteiger partial charge in [0.15, 0.2) is 0 Å². The van der Waals surface area contributed by atoms with Crippen molar-refractivity contribution in [2.24, 2.45) is 5.10 Å². The van der Waals surface area contributed by atoms with E-state index in [9.17, 15) is 13.2 Å². The van der Waals surface area contributed by atoms with Crippen molar-refractivity contribution in [1.82, 2.24) is 10.4 Å².